The fourth-order valence-electron chi connectivity index (χ4n) is 2.17. The van der Waals surface area contributed by atoms with Crippen molar-refractivity contribution in [1.29, 1.82) is 0 Å². The molecule has 0 aromatic heterocycles. The molecule has 0 bridgehead atoms. The van der Waals surface area contributed by atoms with E-state index in [0.717, 1.165) is 18.0 Å². The van der Waals surface area contributed by atoms with Crippen LogP contribution in [0.2, 0.25) is 0 Å². The second-order valence-electron chi connectivity index (χ2n) is 5.12. The number of amides is 3. The van der Waals surface area contributed by atoms with Crippen molar-refractivity contribution in [1.82, 2.24) is 14.7 Å². The monoisotopic (exact) mass is 286 g/mol. The Morgan fingerprint density at radius 3 is 2.10 bits per heavy atom. The highest BCUT2D eigenvalue weighted by atomic mass is 16.4. The second-order valence-corrected chi connectivity index (χ2v) is 5.12. The SMILES string of the molecule is CC(C)N1CCN(C(=O)N(CC(N)=O)CC(=O)O)CC1. The molecule has 8 nitrogen and oxygen atoms in total. The van der Waals surface area contributed by atoms with Crippen LogP contribution in [0.4, 0.5) is 4.79 Å². The van der Waals surface area contributed by atoms with Crippen molar-refractivity contribution in [2.24, 2.45) is 5.73 Å². The average Bonchev–Trinajstić information content (AvgIpc) is 2.36. The van der Waals surface area contributed by atoms with Crippen LogP contribution in [0.25, 0.3) is 0 Å². The quantitative estimate of drug-likeness (QED) is 0.674. The third-order valence-electron chi connectivity index (χ3n) is 3.26. The molecule has 0 radical (unpaired) electrons. The minimum Gasteiger partial charge on any atom is -0.480 e. The normalized spacial score (nSPS) is 16.2. The maximum atomic E-state index is 12.2. The number of rotatable bonds is 5. The van der Waals surface area contributed by atoms with Crippen LogP contribution >= 0.6 is 0 Å². The van der Waals surface area contributed by atoms with Gasteiger partial charge in [0.2, 0.25) is 5.91 Å². The van der Waals surface area contributed by atoms with Gasteiger partial charge in [-0.25, -0.2) is 4.79 Å². The smallest absolute Gasteiger partial charge is 0.323 e. The van der Waals surface area contributed by atoms with Gasteiger partial charge < -0.3 is 20.6 Å². The highest BCUT2D eigenvalue weighted by Crippen LogP contribution is 2.08. The van der Waals surface area contributed by atoms with Crippen LogP contribution in [0, 0.1) is 0 Å². The van der Waals surface area contributed by atoms with E-state index in [9.17, 15) is 14.4 Å². The van der Waals surface area contributed by atoms with E-state index >= 15 is 0 Å². The number of carboxylic acid groups (broad SMARTS) is 1. The second kappa shape index (κ2) is 7.09. The molecule has 0 saturated carbocycles. The number of hydrogen-bond donors (Lipinski definition) is 2. The van der Waals surface area contributed by atoms with Crippen LogP contribution < -0.4 is 5.73 Å². The van der Waals surface area contributed by atoms with E-state index in [1.807, 2.05) is 0 Å². The van der Waals surface area contributed by atoms with Crippen molar-refractivity contribution in [3.8, 4) is 0 Å². The summed E-state index contributed by atoms with van der Waals surface area (Å²) in [6, 6.07) is -0.0393. The van der Waals surface area contributed by atoms with Gasteiger partial charge in [0.05, 0.1) is 0 Å². The van der Waals surface area contributed by atoms with E-state index in [1.165, 1.54) is 0 Å². The standard InChI is InChI=1S/C12H22N4O4/c1-9(2)14-3-5-15(6-4-14)12(20)16(7-10(13)17)8-11(18)19/h9H,3-8H2,1-2H3,(H2,13,17)(H,18,19). The van der Waals surface area contributed by atoms with Gasteiger partial charge in [0, 0.05) is 32.2 Å². The molecule has 0 aromatic rings. The Bertz CT molecular complexity index is 362. The molecular formula is C12H22N4O4. The number of carboxylic acids is 1. The first kappa shape index (κ1) is 16.2. The summed E-state index contributed by atoms with van der Waals surface area (Å²) < 4.78 is 0. The van der Waals surface area contributed by atoms with Gasteiger partial charge >= 0.3 is 12.0 Å². The van der Waals surface area contributed by atoms with Crippen molar-refractivity contribution in [3.63, 3.8) is 0 Å². The van der Waals surface area contributed by atoms with Crippen molar-refractivity contribution >= 4 is 17.9 Å². The third-order valence-corrected chi connectivity index (χ3v) is 3.26. The maximum absolute atomic E-state index is 12.2. The first-order chi connectivity index (χ1) is 9.31. The van der Waals surface area contributed by atoms with E-state index in [4.69, 9.17) is 10.8 Å². The molecular weight excluding hydrogens is 264 g/mol. The lowest BCUT2D eigenvalue weighted by Crippen LogP contribution is -2.55. The molecule has 0 unspecified atom stereocenters. The van der Waals surface area contributed by atoms with Gasteiger partial charge in [0.15, 0.2) is 0 Å². The van der Waals surface area contributed by atoms with E-state index in [1.54, 1.807) is 4.90 Å². The van der Waals surface area contributed by atoms with Crippen molar-refractivity contribution in [2.45, 2.75) is 19.9 Å². The molecule has 1 rings (SSSR count). The van der Waals surface area contributed by atoms with Crippen LogP contribution in [-0.4, -0.2) is 83.0 Å². The van der Waals surface area contributed by atoms with E-state index in [0.29, 0.717) is 19.1 Å². The molecule has 20 heavy (non-hydrogen) atoms. The average molecular weight is 286 g/mol. The minimum atomic E-state index is -1.17. The molecule has 1 fully saturated rings. The molecule has 0 atom stereocenters. The number of nitrogens with two attached hydrogens (primary N) is 1. The zero-order chi connectivity index (χ0) is 15.3. The lowest BCUT2D eigenvalue weighted by molar-refractivity contribution is -0.138. The summed E-state index contributed by atoms with van der Waals surface area (Å²) in [5.74, 6) is -1.89. The van der Waals surface area contributed by atoms with Gasteiger partial charge in [-0.3, -0.25) is 14.5 Å². The van der Waals surface area contributed by atoms with Crippen LogP contribution in [0.3, 0.4) is 0 Å². The Hall–Kier alpha value is -1.83. The highest BCUT2D eigenvalue weighted by Gasteiger charge is 2.27. The largest absolute Gasteiger partial charge is 0.480 e. The summed E-state index contributed by atoms with van der Waals surface area (Å²) in [4.78, 5) is 38.6. The molecule has 1 heterocycles. The molecule has 1 aliphatic rings. The zero-order valence-corrected chi connectivity index (χ0v) is 11.9. The third kappa shape index (κ3) is 4.69. The first-order valence-electron chi connectivity index (χ1n) is 6.59. The number of carbonyl (C=O) groups is 3. The summed E-state index contributed by atoms with van der Waals surface area (Å²) in [6.45, 7) is 5.78. The molecule has 0 aliphatic carbocycles. The number of hydrogen-bond acceptors (Lipinski definition) is 4. The topological polar surface area (TPSA) is 107 Å². The minimum absolute atomic E-state index is 0.379. The fourth-order valence-corrected chi connectivity index (χ4v) is 2.17. The lowest BCUT2D eigenvalue weighted by Gasteiger charge is -2.38. The van der Waals surface area contributed by atoms with Crippen LogP contribution in [0.15, 0.2) is 0 Å². The van der Waals surface area contributed by atoms with Gasteiger partial charge in [-0.15, -0.1) is 0 Å². The highest BCUT2D eigenvalue weighted by molar-refractivity contribution is 5.86. The van der Waals surface area contributed by atoms with Crippen molar-refractivity contribution in [2.75, 3.05) is 39.3 Å². The Balaban J connectivity index is 2.61. The predicted molar refractivity (Wildman–Crippen MR) is 72.1 cm³/mol. The Labute approximate surface area is 118 Å². The Morgan fingerprint density at radius 2 is 1.70 bits per heavy atom. The summed E-state index contributed by atoms with van der Waals surface area (Å²) in [5, 5.41) is 8.79. The van der Waals surface area contributed by atoms with Crippen molar-refractivity contribution < 1.29 is 19.5 Å². The van der Waals surface area contributed by atoms with Gasteiger partial charge in [0.1, 0.15) is 13.1 Å². The number of urea groups is 1. The Morgan fingerprint density at radius 1 is 1.15 bits per heavy atom. The molecule has 3 N–H and O–H groups in total. The maximum Gasteiger partial charge on any atom is 0.323 e. The summed E-state index contributed by atoms with van der Waals surface area (Å²) in [5.41, 5.74) is 5.05. The van der Waals surface area contributed by atoms with E-state index in [2.05, 4.69) is 18.7 Å². The molecule has 8 heteroatoms. The van der Waals surface area contributed by atoms with Crippen LogP contribution in [0.5, 0.6) is 0 Å². The zero-order valence-electron chi connectivity index (χ0n) is 11.9. The summed E-state index contributed by atoms with van der Waals surface area (Å²) >= 11 is 0. The van der Waals surface area contributed by atoms with Gasteiger partial charge in [-0.2, -0.15) is 0 Å². The van der Waals surface area contributed by atoms with Crippen LogP contribution in [0.1, 0.15) is 13.8 Å². The van der Waals surface area contributed by atoms with E-state index < -0.39 is 24.5 Å². The van der Waals surface area contributed by atoms with Gasteiger partial charge in [0.25, 0.3) is 0 Å². The molecule has 1 aliphatic heterocycles. The van der Waals surface area contributed by atoms with Crippen molar-refractivity contribution in [3.05, 3.63) is 0 Å². The lowest BCUT2D eigenvalue weighted by atomic mass is 10.2. The molecule has 0 spiro atoms. The summed E-state index contributed by atoms with van der Waals surface area (Å²) in [7, 11) is 0. The predicted octanol–water partition coefficient (Wildman–Crippen LogP) is -0.996. The summed E-state index contributed by atoms with van der Waals surface area (Å²) in [6.07, 6.45) is 0. The van der Waals surface area contributed by atoms with Gasteiger partial charge in [-0.05, 0) is 13.8 Å². The molecule has 1 saturated heterocycles. The van der Waals surface area contributed by atoms with E-state index in [-0.39, 0.29) is 6.54 Å². The number of piperazine rings is 1. The van der Waals surface area contributed by atoms with Crippen LogP contribution in [-0.2, 0) is 9.59 Å². The number of primary amides is 1. The van der Waals surface area contributed by atoms with Gasteiger partial charge in [-0.1, -0.05) is 0 Å². The molecule has 0 aromatic carbocycles. The first-order valence-corrected chi connectivity index (χ1v) is 6.59. The number of aliphatic carboxylic acids is 1. The number of carbonyl (C=O) groups excluding carboxylic acids is 2. The Kier molecular flexibility index (Phi) is 5.75. The molecule has 114 valence electrons. The number of nitrogens with zero attached hydrogens (tertiary/aromatic N) is 3. The fraction of sp³-hybridized carbons (Fsp3) is 0.750. The molecule has 3 amide bonds.